The van der Waals surface area contributed by atoms with Crippen LogP contribution in [0.1, 0.15) is 12.8 Å². The van der Waals surface area contributed by atoms with Gasteiger partial charge in [-0.2, -0.15) is 13.2 Å². The predicted molar refractivity (Wildman–Crippen MR) is 98.5 cm³/mol. The van der Waals surface area contributed by atoms with Crippen LogP contribution in [0.25, 0.3) is 0 Å². The molecule has 2 aromatic rings. The lowest BCUT2D eigenvalue weighted by atomic mass is 10.2. The molecule has 1 fully saturated rings. The van der Waals surface area contributed by atoms with E-state index in [1.165, 1.54) is 47.5 Å². The average molecular weight is 426 g/mol. The fraction of sp³-hybridized carbons (Fsp3) is 0.316. The van der Waals surface area contributed by atoms with E-state index in [1.54, 1.807) is 0 Å². The molecule has 0 saturated carbocycles. The van der Waals surface area contributed by atoms with Crippen molar-refractivity contribution in [3.8, 4) is 11.6 Å². The molecule has 1 aromatic heterocycles. The molecule has 30 heavy (non-hydrogen) atoms. The monoisotopic (exact) mass is 426 g/mol. The molecule has 7 nitrogen and oxygen atoms in total. The molecule has 2 heterocycles. The summed E-state index contributed by atoms with van der Waals surface area (Å²) >= 11 is 0. The van der Waals surface area contributed by atoms with E-state index >= 15 is 0 Å². The molecule has 160 valence electrons. The van der Waals surface area contributed by atoms with Crippen LogP contribution in [0.15, 0.2) is 42.6 Å². The Bertz CT molecular complexity index is 888. The van der Waals surface area contributed by atoms with Gasteiger partial charge in [0.05, 0.1) is 11.9 Å². The molecule has 1 unspecified atom stereocenters. The first kappa shape index (κ1) is 21.3. The highest BCUT2D eigenvalue weighted by Crippen LogP contribution is 2.23. The molecular weight excluding hydrogens is 408 g/mol. The molecular formula is C19H18F4N4O3. The second-order valence-electron chi connectivity index (χ2n) is 6.56. The van der Waals surface area contributed by atoms with Gasteiger partial charge in [-0.15, -0.1) is 0 Å². The second-order valence-corrected chi connectivity index (χ2v) is 6.56. The van der Waals surface area contributed by atoms with Gasteiger partial charge in [-0.1, -0.05) is 0 Å². The number of nitrogens with one attached hydrogen (secondary N) is 2. The van der Waals surface area contributed by atoms with E-state index in [-0.39, 0.29) is 18.8 Å². The van der Waals surface area contributed by atoms with Crippen LogP contribution in [0.2, 0.25) is 0 Å². The number of rotatable bonds is 5. The Labute approximate surface area is 169 Å². The number of anilines is 1. The zero-order chi connectivity index (χ0) is 21.7. The maximum absolute atomic E-state index is 12.9. The number of likely N-dealkylation sites (tertiary alicyclic amines) is 1. The summed E-state index contributed by atoms with van der Waals surface area (Å²) in [7, 11) is 0. The summed E-state index contributed by atoms with van der Waals surface area (Å²) in [6.07, 6.45) is -2.42. The van der Waals surface area contributed by atoms with Crippen LogP contribution in [0.5, 0.6) is 11.6 Å². The van der Waals surface area contributed by atoms with Crippen LogP contribution in [0.4, 0.5) is 28.0 Å². The topological polar surface area (TPSA) is 83.6 Å². The van der Waals surface area contributed by atoms with Crippen molar-refractivity contribution in [1.82, 2.24) is 15.2 Å². The number of carbonyl (C=O) groups excluding carboxylic acids is 2. The minimum absolute atomic E-state index is 0.213. The number of pyridine rings is 1. The standard InChI is InChI=1S/C19H18F4N4O3/c20-12-3-6-14(7-4-12)30-16-8-5-13(10-24-16)26-18(29)27-9-1-2-15(27)17(28)25-11-19(21,22)23/h3-8,10,15H,1-2,9,11H2,(H,25,28)(H,26,29). The van der Waals surface area contributed by atoms with E-state index in [9.17, 15) is 27.2 Å². The number of alkyl halides is 3. The van der Waals surface area contributed by atoms with Gasteiger partial charge in [-0.05, 0) is 43.2 Å². The fourth-order valence-electron chi connectivity index (χ4n) is 2.92. The normalized spacial score (nSPS) is 16.3. The third-order valence-electron chi connectivity index (χ3n) is 4.30. The van der Waals surface area contributed by atoms with E-state index in [2.05, 4.69) is 10.3 Å². The molecule has 3 amide bonds. The number of hydrogen-bond donors (Lipinski definition) is 2. The molecule has 1 aromatic carbocycles. The van der Waals surface area contributed by atoms with Crippen LogP contribution in [0, 0.1) is 5.82 Å². The second kappa shape index (κ2) is 8.97. The van der Waals surface area contributed by atoms with Crippen molar-refractivity contribution in [3.63, 3.8) is 0 Å². The number of halogens is 4. The van der Waals surface area contributed by atoms with Crippen molar-refractivity contribution in [2.75, 3.05) is 18.4 Å². The minimum Gasteiger partial charge on any atom is -0.439 e. The highest BCUT2D eigenvalue weighted by Gasteiger charge is 2.36. The number of nitrogens with zero attached hydrogens (tertiary/aromatic N) is 2. The largest absolute Gasteiger partial charge is 0.439 e. The van der Waals surface area contributed by atoms with E-state index < -0.39 is 36.5 Å². The van der Waals surface area contributed by atoms with Gasteiger partial charge >= 0.3 is 12.2 Å². The molecule has 3 rings (SSSR count). The van der Waals surface area contributed by atoms with Crippen molar-refractivity contribution in [1.29, 1.82) is 0 Å². The molecule has 1 aliphatic heterocycles. The Morgan fingerprint density at radius 2 is 1.90 bits per heavy atom. The van der Waals surface area contributed by atoms with Gasteiger partial charge in [0.1, 0.15) is 24.2 Å². The maximum Gasteiger partial charge on any atom is 0.405 e. The van der Waals surface area contributed by atoms with Crippen molar-refractivity contribution in [2.45, 2.75) is 25.1 Å². The number of hydrogen-bond acceptors (Lipinski definition) is 4. The zero-order valence-electron chi connectivity index (χ0n) is 15.6. The van der Waals surface area contributed by atoms with Gasteiger partial charge in [0.25, 0.3) is 0 Å². The first-order valence-electron chi connectivity index (χ1n) is 9.03. The van der Waals surface area contributed by atoms with E-state index in [1.807, 2.05) is 5.32 Å². The summed E-state index contributed by atoms with van der Waals surface area (Å²) < 4.78 is 55.2. The van der Waals surface area contributed by atoms with Gasteiger partial charge in [-0.3, -0.25) is 4.79 Å². The van der Waals surface area contributed by atoms with Gasteiger partial charge in [0.15, 0.2) is 0 Å². The van der Waals surface area contributed by atoms with Crippen LogP contribution < -0.4 is 15.4 Å². The third-order valence-corrected chi connectivity index (χ3v) is 4.30. The Balaban J connectivity index is 1.56. The van der Waals surface area contributed by atoms with Crippen LogP contribution in [0.3, 0.4) is 0 Å². The Morgan fingerprint density at radius 1 is 1.17 bits per heavy atom. The highest BCUT2D eigenvalue weighted by atomic mass is 19.4. The first-order chi connectivity index (χ1) is 14.2. The number of benzene rings is 1. The maximum atomic E-state index is 12.9. The van der Waals surface area contributed by atoms with Crippen molar-refractivity contribution >= 4 is 17.6 Å². The number of amides is 3. The van der Waals surface area contributed by atoms with E-state index in [0.29, 0.717) is 17.9 Å². The van der Waals surface area contributed by atoms with Gasteiger partial charge in [-0.25, -0.2) is 14.2 Å². The van der Waals surface area contributed by atoms with Crippen molar-refractivity contribution in [3.05, 3.63) is 48.4 Å². The van der Waals surface area contributed by atoms with Crippen molar-refractivity contribution < 1.29 is 31.9 Å². The molecule has 2 N–H and O–H groups in total. The summed E-state index contributed by atoms with van der Waals surface area (Å²) in [6.45, 7) is -1.20. The first-order valence-corrected chi connectivity index (χ1v) is 9.03. The predicted octanol–water partition coefficient (Wildman–Crippen LogP) is 3.69. The Kier molecular flexibility index (Phi) is 6.38. The zero-order valence-corrected chi connectivity index (χ0v) is 15.6. The average Bonchev–Trinajstić information content (AvgIpc) is 3.19. The number of carbonyl (C=O) groups is 2. The lowest BCUT2D eigenvalue weighted by Gasteiger charge is -2.24. The van der Waals surface area contributed by atoms with Crippen molar-refractivity contribution in [2.24, 2.45) is 0 Å². The van der Waals surface area contributed by atoms with Gasteiger partial charge in [0.2, 0.25) is 11.8 Å². The molecule has 0 aliphatic carbocycles. The third kappa shape index (κ3) is 5.82. The van der Waals surface area contributed by atoms with E-state index in [4.69, 9.17) is 4.74 Å². The quantitative estimate of drug-likeness (QED) is 0.715. The molecule has 11 heteroatoms. The molecule has 0 bridgehead atoms. The summed E-state index contributed by atoms with van der Waals surface area (Å²) in [5, 5.41) is 4.37. The summed E-state index contributed by atoms with van der Waals surface area (Å²) in [4.78, 5) is 29.7. The smallest absolute Gasteiger partial charge is 0.405 e. The SMILES string of the molecule is O=C(NCC(F)(F)F)C1CCCN1C(=O)Nc1ccc(Oc2ccc(F)cc2)nc1. The Hall–Kier alpha value is -3.37. The molecule has 1 saturated heterocycles. The van der Waals surface area contributed by atoms with Crippen LogP contribution in [-0.2, 0) is 4.79 Å². The van der Waals surface area contributed by atoms with Crippen LogP contribution in [-0.4, -0.2) is 47.1 Å². The number of aromatic nitrogens is 1. The van der Waals surface area contributed by atoms with E-state index in [0.717, 1.165) is 0 Å². The molecule has 0 spiro atoms. The molecule has 1 atom stereocenters. The molecule has 0 radical (unpaired) electrons. The van der Waals surface area contributed by atoms with Crippen LogP contribution >= 0.6 is 0 Å². The fourth-order valence-corrected chi connectivity index (χ4v) is 2.92. The Morgan fingerprint density at radius 3 is 2.53 bits per heavy atom. The summed E-state index contributed by atoms with van der Waals surface area (Å²) in [5.41, 5.74) is 0.313. The number of urea groups is 1. The van der Waals surface area contributed by atoms with Gasteiger partial charge in [0, 0.05) is 12.6 Å². The van der Waals surface area contributed by atoms with Gasteiger partial charge < -0.3 is 20.3 Å². The number of ether oxygens (including phenoxy) is 1. The molecule has 1 aliphatic rings. The summed E-state index contributed by atoms with van der Waals surface area (Å²) in [5.74, 6) is -0.655. The lowest BCUT2D eigenvalue weighted by molar-refractivity contribution is -0.140. The lowest BCUT2D eigenvalue weighted by Crippen LogP contribution is -2.49. The summed E-state index contributed by atoms with van der Waals surface area (Å²) in [6, 6.07) is 6.75. The minimum atomic E-state index is -4.52. The highest BCUT2D eigenvalue weighted by molar-refractivity contribution is 5.94.